The van der Waals surface area contributed by atoms with Gasteiger partial charge in [-0.1, -0.05) is 27.2 Å². The van der Waals surface area contributed by atoms with Gasteiger partial charge in [0.15, 0.2) is 11.2 Å². The zero-order valence-corrected chi connectivity index (χ0v) is 19.2. The fourth-order valence-corrected chi connectivity index (χ4v) is 3.77. The van der Waals surface area contributed by atoms with Crippen LogP contribution in [0.3, 0.4) is 0 Å². The van der Waals surface area contributed by atoms with Gasteiger partial charge in [-0.3, -0.25) is 24.1 Å². The number of carbonyl (C=O) groups is 1. The first-order chi connectivity index (χ1) is 15.3. The molecule has 2 N–H and O–H groups in total. The average molecular weight is 441 g/mol. The second-order valence-electron chi connectivity index (χ2n) is 8.54. The van der Waals surface area contributed by atoms with Gasteiger partial charge in [-0.15, -0.1) is 0 Å². The van der Waals surface area contributed by atoms with E-state index in [1.807, 2.05) is 30.5 Å². The van der Waals surface area contributed by atoms with Gasteiger partial charge >= 0.3 is 5.69 Å². The molecule has 0 bridgehead atoms. The van der Waals surface area contributed by atoms with Crippen LogP contribution in [0.5, 0.6) is 0 Å². The number of aromatic amines is 1. The lowest BCUT2D eigenvalue weighted by molar-refractivity contribution is -0.121. The minimum Gasteiger partial charge on any atom is -0.350 e. The van der Waals surface area contributed by atoms with Crippen molar-refractivity contribution >= 4 is 17.1 Å². The first-order valence-electron chi connectivity index (χ1n) is 11.2. The van der Waals surface area contributed by atoms with Gasteiger partial charge in [-0.05, 0) is 37.0 Å². The van der Waals surface area contributed by atoms with E-state index in [9.17, 15) is 14.4 Å². The van der Waals surface area contributed by atoms with Crippen molar-refractivity contribution in [2.45, 2.75) is 72.5 Å². The maximum Gasteiger partial charge on any atom is 0.330 e. The molecular weight excluding hydrogens is 408 g/mol. The van der Waals surface area contributed by atoms with E-state index in [1.54, 1.807) is 12.4 Å². The number of nitrogens with zero attached hydrogens (tertiary/aromatic N) is 4. The number of fused-ring (bicyclic) bond motifs is 1. The molecule has 1 amide bonds. The van der Waals surface area contributed by atoms with Crippen LogP contribution in [0.2, 0.25) is 0 Å². The molecular formula is C23H32N6O3. The Bertz CT molecular complexity index is 1180. The largest absolute Gasteiger partial charge is 0.350 e. The Balaban J connectivity index is 1.88. The van der Waals surface area contributed by atoms with Crippen molar-refractivity contribution in [3.63, 3.8) is 0 Å². The van der Waals surface area contributed by atoms with E-state index in [0.717, 1.165) is 18.4 Å². The van der Waals surface area contributed by atoms with Crippen LogP contribution in [0, 0.1) is 5.92 Å². The average Bonchev–Trinajstić information content (AvgIpc) is 3.10. The predicted molar refractivity (Wildman–Crippen MR) is 123 cm³/mol. The van der Waals surface area contributed by atoms with Crippen LogP contribution in [0.4, 0.5) is 0 Å². The molecule has 1 atom stereocenters. The van der Waals surface area contributed by atoms with Gasteiger partial charge in [0.25, 0.3) is 5.56 Å². The SMILES string of the molecule is CCCCn1c(=O)[nH]c(=O)c2c1nc(CCC(=O)NC(C)c1ccncc1)n2CC(C)C. The number of unbranched alkanes of at least 4 members (excludes halogenated alkanes) is 1. The first-order valence-corrected chi connectivity index (χ1v) is 11.2. The molecule has 9 nitrogen and oxygen atoms in total. The van der Waals surface area contributed by atoms with Crippen molar-refractivity contribution in [3.8, 4) is 0 Å². The lowest BCUT2D eigenvalue weighted by Gasteiger charge is -2.14. The molecule has 9 heteroatoms. The predicted octanol–water partition coefficient (Wildman–Crippen LogP) is 2.55. The summed E-state index contributed by atoms with van der Waals surface area (Å²) in [4.78, 5) is 48.8. The Morgan fingerprint density at radius 3 is 2.53 bits per heavy atom. The monoisotopic (exact) mass is 440 g/mol. The molecule has 1 unspecified atom stereocenters. The fourth-order valence-electron chi connectivity index (χ4n) is 3.77. The number of hydrogen-bond acceptors (Lipinski definition) is 5. The summed E-state index contributed by atoms with van der Waals surface area (Å²) in [7, 11) is 0. The summed E-state index contributed by atoms with van der Waals surface area (Å²) >= 11 is 0. The molecule has 0 spiro atoms. The lowest BCUT2D eigenvalue weighted by Crippen LogP contribution is -2.31. The number of pyridine rings is 1. The Kier molecular flexibility index (Phi) is 7.61. The van der Waals surface area contributed by atoms with Crippen molar-refractivity contribution in [2.24, 2.45) is 5.92 Å². The van der Waals surface area contributed by atoms with Gasteiger partial charge in [0, 0.05) is 38.3 Å². The Morgan fingerprint density at radius 2 is 1.88 bits per heavy atom. The third-order valence-electron chi connectivity index (χ3n) is 5.41. The van der Waals surface area contributed by atoms with Crippen LogP contribution in [-0.2, 0) is 24.3 Å². The van der Waals surface area contributed by atoms with Crippen LogP contribution in [0.15, 0.2) is 34.1 Å². The Labute approximate surface area is 186 Å². The number of nitrogens with one attached hydrogen (secondary N) is 2. The zero-order chi connectivity index (χ0) is 23.3. The molecule has 0 saturated carbocycles. The summed E-state index contributed by atoms with van der Waals surface area (Å²) in [5, 5.41) is 2.99. The summed E-state index contributed by atoms with van der Waals surface area (Å²) in [6.45, 7) is 9.15. The van der Waals surface area contributed by atoms with Crippen LogP contribution in [0.1, 0.15) is 64.4 Å². The van der Waals surface area contributed by atoms with E-state index >= 15 is 0 Å². The number of carbonyl (C=O) groups excluding carboxylic acids is 1. The van der Waals surface area contributed by atoms with Gasteiger partial charge in [0.1, 0.15) is 5.82 Å². The highest BCUT2D eigenvalue weighted by Gasteiger charge is 2.20. The van der Waals surface area contributed by atoms with Gasteiger partial charge < -0.3 is 9.88 Å². The minimum absolute atomic E-state index is 0.102. The van der Waals surface area contributed by atoms with E-state index < -0.39 is 11.2 Å². The summed E-state index contributed by atoms with van der Waals surface area (Å²) in [6.07, 6.45) is 5.72. The fraction of sp³-hybridized carbons (Fsp3) is 0.522. The van der Waals surface area contributed by atoms with Crippen LogP contribution in [-0.4, -0.2) is 30.0 Å². The van der Waals surface area contributed by atoms with Crippen LogP contribution >= 0.6 is 0 Å². The highest BCUT2D eigenvalue weighted by Crippen LogP contribution is 2.17. The van der Waals surface area contributed by atoms with Crippen molar-refractivity contribution < 1.29 is 4.79 Å². The van der Waals surface area contributed by atoms with E-state index in [2.05, 4.69) is 34.1 Å². The molecule has 3 rings (SSSR count). The van der Waals surface area contributed by atoms with Crippen molar-refractivity contribution in [3.05, 3.63) is 56.8 Å². The summed E-state index contributed by atoms with van der Waals surface area (Å²) in [5.41, 5.74) is 0.892. The highest BCUT2D eigenvalue weighted by atomic mass is 16.2. The topological polar surface area (TPSA) is 115 Å². The Hall–Kier alpha value is -3.23. The number of imidazole rings is 1. The third-order valence-corrected chi connectivity index (χ3v) is 5.41. The first kappa shape index (κ1) is 23.4. The number of amides is 1. The van der Waals surface area contributed by atoms with E-state index in [1.165, 1.54) is 4.57 Å². The number of H-pyrrole nitrogens is 1. The van der Waals surface area contributed by atoms with Crippen LogP contribution < -0.4 is 16.6 Å². The molecule has 3 heterocycles. The van der Waals surface area contributed by atoms with E-state index in [0.29, 0.717) is 36.5 Å². The standard InChI is InChI=1S/C23H32N6O3/c1-5-6-13-28-21-20(22(31)27-23(28)32)29(14-15(2)3)18(26-21)7-8-19(30)25-16(4)17-9-11-24-12-10-17/h9-12,15-16H,5-8,13-14H2,1-4H3,(H,25,30)(H,27,31,32). The Morgan fingerprint density at radius 1 is 1.16 bits per heavy atom. The van der Waals surface area contributed by atoms with E-state index in [-0.39, 0.29) is 24.3 Å². The van der Waals surface area contributed by atoms with Crippen molar-refractivity contribution in [1.29, 1.82) is 0 Å². The molecule has 0 aliphatic carbocycles. The molecule has 32 heavy (non-hydrogen) atoms. The minimum atomic E-state index is -0.444. The molecule has 0 radical (unpaired) electrons. The molecule has 0 aliphatic heterocycles. The second kappa shape index (κ2) is 10.4. The maximum absolute atomic E-state index is 12.7. The number of rotatable bonds is 10. The lowest BCUT2D eigenvalue weighted by atomic mass is 10.1. The summed E-state index contributed by atoms with van der Waals surface area (Å²) in [5.74, 6) is 0.804. The van der Waals surface area contributed by atoms with Gasteiger partial charge in [-0.2, -0.15) is 0 Å². The number of hydrogen-bond donors (Lipinski definition) is 2. The van der Waals surface area contributed by atoms with Gasteiger partial charge in [0.2, 0.25) is 5.91 Å². The molecule has 172 valence electrons. The number of aryl methyl sites for hydroxylation is 2. The zero-order valence-electron chi connectivity index (χ0n) is 19.2. The molecule has 3 aromatic heterocycles. The molecule has 0 saturated heterocycles. The third kappa shape index (κ3) is 5.33. The molecule has 0 aliphatic rings. The number of aromatic nitrogens is 5. The molecule has 3 aromatic rings. The van der Waals surface area contributed by atoms with Gasteiger partial charge in [-0.25, -0.2) is 9.78 Å². The summed E-state index contributed by atoms with van der Waals surface area (Å²) < 4.78 is 3.40. The normalized spacial score (nSPS) is 12.4. The van der Waals surface area contributed by atoms with Crippen LogP contribution in [0.25, 0.3) is 11.2 Å². The van der Waals surface area contributed by atoms with E-state index in [4.69, 9.17) is 0 Å². The van der Waals surface area contributed by atoms with Crippen molar-refractivity contribution in [1.82, 2.24) is 29.4 Å². The van der Waals surface area contributed by atoms with Gasteiger partial charge in [0.05, 0.1) is 6.04 Å². The highest BCUT2D eigenvalue weighted by molar-refractivity contribution is 5.77. The second-order valence-corrected chi connectivity index (χ2v) is 8.54. The summed E-state index contributed by atoms with van der Waals surface area (Å²) in [6, 6.07) is 3.60. The quantitative estimate of drug-likeness (QED) is 0.503. The molecule has 0 fully saturated rings. The van der Waals surface area contributed by atoms with Crippen molar-refractivity contribution in [2.75, 3.05) is 0 Å². The maximum atomic E-state index is 12.7. The smallest absolute Gasteiger partial charge is 0.330 e. The molecule has 0 aromatic carbocycles.